The number of nitrogens with one attached hydrogen (secondary N) is 1. The van der Waals surface area contributed by atoms with E-state index in [1.807, 2.05) is 6.08 Å². The first-order chi connectivity index (χ1) is 46.2. The molecule has 548 valence electrons. The molecule has 0 aliphatic carbocycles. The van der Waals surface area contributed by atoms with Gasteiger partial charge in [0, 0.05) is 12.8 Å². The van der Waals surface area contributed by atoms with E-state index in [0.717, 1.165) is 70.6 Å². The molecule has 1 aliphatic heterocycles. The number of hydrogen-bond donors (Lipinski definition) is 6. The van der Waals surface area contributed by atoms with Crippen LogP contribution in [0.15, 0.2) is 72.9 Å². The second-order valence-electron chi connectivity index (χ2n) is 27.7. The van der Waals surface area contributed by atoms with Crippen molar-refractivity contribution in [2.45, 2.75) is 423 Å². The van der Waals surface area contributed by atoms with Crippen LogP contribution in [0.3, 0.4) is 0 Å². The van der Waals surface area contributed by atoms with Crippen molar-refractivity contribution < 1.29 is 49.3 Å². The topological polar surface area (TPSA) is 175 Å². The number of esters is 1. The van der Waals surface area contributed by atoms with Crippen molar-refractivity contribution in [2.24, 2.45) is 0 Å². The lowest BCUT2D eigenvalue weighted by molar-refractivity contribution is -0.302. The number of rotatable bonds is 71. The quantitative estimate of drug-likeness (QED) is 0.0195. The van der Waals surface area contributed by atoms with Gasteiger partial charge in [0.1, 0.15) is 24.4 Å². The maximum Gasteiger partial charge on any atom is 0.305 e. The highest BCUT2D eigenvalue weighted by atomic mass is 16.7. The molecule has 0 bridgehead atoms. The number of carbonyl (C=O) groups excluding carboxylic acids is 2. The minimum Gasteiger partial charge on any atom is -0.466 e. The van der Waals surface area contributed by atoms with Crippen LogP contribution in [0.4, 0.5) is 0 Å². The van der Waals surface area contributed by atoms with Crippen LogP contribution in [0, 0.1) is 0 Å². The van der Waals surface area contributed by atoms with Gasteiger partial charge in [0.2, 0.25) is 5.91 Å². The van der Waals surface area contributed by atoms with Gasteiger partial charge in [0.25, 0.3) is 0 Å². The van der Waals surface area contributed by atoms with Gasteiger partial charge in [-0.15, -0.1) is 0 Å². The molecule has 94 heavy (non-hydrogen) atoms. The van der Waals surface area contributed by atoms with Crippen LogP contribution in [0.1, 0.15) is 380 Å². The summed E-state index contributed by atoms with van der Waals surface area (Å²) >= 11 is 0. The normalized spacial score (nSPS) is 17.8. The van der Waals surface area contributed by atoms with Crippen LogP contribution in [-0.2, 0) is 23.8 Å². The summed E-state index contributed by atoms with van der Waals surface area (Å²) in [6.07, 6.45) is 88.1. The van der Waals surface area contributed by atoms with Crippen molar-refractivity contribution in [1.82, 2.24) is 5.32 Å². The molecule has 1 fully saturated rings. The van der Waals surface area contributed by atoms with E-state index in [4.69, 9.17) is 14.2 Å². The number of aliphatic hydroxyl groups is 5. The van der Waals surface area contributed by atoms with Gasteiger partial charge >= 0.3 is 5.97 Å². The smallest absolute Gasteiger partial charge is 0.305 e. The summed E-state index contributed by atoms with van der Waals surface area (Å²) in [5, 5.41) is 54.4. The molecule has 0 saturated carbocycles. The molecule has 11 nitrogen and oxygen atoms in total. The van der Waals surface area contributed by atoms with Gasteiger partial charge in [-0.2, -0.15) is 0 Å². The molecule has 0 spiro atoms. The lowest BCUT2D eigenvalue weighted by Crippen LogP contribution is -2.60. The zero-order chi connectivity index (χ0) is 67.9. The van der Waals surface area contributed by atoms with E-state index in [-0.39, 0.29) is 18.5 Å². The Balaban J connectivity index is 1.87. The second kappa shape index (κ2) is 71.4. The van der Waals surface area contributed by atoms with Crippen molar-refractivity contribution in [3.05, 3.63) is 72.9 Å². The van der Waals surface area contributed by atoms with Crippen molar-refractivity contribution in [1.29, 1.82) is 0 Å². The Labute approximate surface area is 579 Å². The minimum absolute atomic E-state index is 0.00659. The van der Waals surface area contributed by atoms with E-state index in [1.54, 1.807) is 6.08 Å². The Hall–Kier alpha value is -2.90. The number of ether oxygens (including phenoxy) is 3. The Kier molecular flexibility index (Phi) is 67.7. The predicted molar refractivity (Wildman–Crippen MR) is 398 cm³/mol. The van der Waals surface area contributed by atoms with Gasteiger partial charge in [-0.3, -0.25) is 9.59 Å². The Morgan fingerprint density at radius 1 is 0.394 bits per heavy atom. The van der Waals surface area contributed by atoms with E-state index in [2.05, 4.69) is 79.9 Å². The molecular formula is C83H151NO10. The van der Waals surface area contributed by atoms with Gasteiger partial charge in [0.05, 0.1) is 32.0 Å². The predicted octanol–water partition coefficient (Wildman–Crippen LogP) is 21.8. The van der Waals surface area contributed by atoms with Gasteiger partial charge < -0.3 is 45.1 Å². The van der Waals surface area contributed by atoms with E-state index in [9.17, 15) is 35.1 Å². The third kappa shape index (κ3) is 59.2. The fourth-order valence-corrected chi connectivity index (χ4v) is 12.5. The SMILES string of the molecule is CCCCC/C=C\C/C=C\CCCCCCCCCC(=O)OCCCCCCCCCCCCCCCCC/C=C\C/C=C\CCCCCCCCCCCCCCCCCCCC(=O)NC(COC1OC(CO)C(O)C(O)C1O)C(O)/C=C/CC/C=C/CCCCCC. The fraction of sp³-hybridized carbons (Fsp3) is 0.831. The van der Waals surface area contributed by atoms with Crippen LogP contribution >= 0.6 is 0 Å². The molecule has 0 aromatic heterocycles. The summed E-state index contributed by atoms with van der Waals surface area (Å²) in [4.78, 5) is 25.1. The lowest BCUT2D eigenvalue weighted by atomic mass is 9.99. The van der Waals surface area contributed by atoms with E-state index in [0.29, 0.717) is 19.4 Å². The molecule has 1 heterocycles. The van der Waals surface area contributed by atoms with Gasteiger partial charge in [0.15, 0.2) is 6.29 Å². The summed E-state index contributed by atoms with van der Waals surface area (Å²) in [5.41, 5.74) is 0. The van der Waals surface area contributed by atoms with Crippen LogP contribution in [0.2, 0.25) is 0 Å². The van der Waals surface area contributed by atoms with Crippen molar-refractivity contribution in [2.75, 3.05) is 19.8 Å². The highest BCUT2D eigenvalue weighted by Crippen LogP contribution is 2.24. The van der Waals surface area contributed by atoms with Gasteiger partial charge in [-0.1, -0.05) is 331 Å². The first-order valence-electron chi connectivity index (χ1n) is 40.2. The minimum atomic E-state index is -1.58. The molecule has 0 aromatic carbocycles. The van der Waals surface area contributed by atoms with Crippen molar-refractivity contribution in [3.63, 3.8) is 0 Å². The maximum atomic E-state index is 13.0. The summed E-state index contributed by atoms with van der Waals surface area (Å²) < 4.78 is 16.7. The Morgan fingerprint density at radius 3 is 1.14 bits per heavy atom. The third-order valence-electron chi connectivity index (χ3n) is 18.8. The first kappa shape index (κ1) is 89.1. The summed E-state index contributed by atoms with van der Waals surface area (Å²) in [6.45, 7) is 4.30. The van der Waals surface area contributed by atoms with Crippen molar-refractivity contribution >= 4 is 11.9 Å². The largest absolute Gasteiger partial charge is 0.466 e. The Bertz CT molecular complexity index is 1790. The molecule has 6 N–H and O–H groups in total. The van der Waals surface area contributed by atoms with Crippen LogP contribution < -0.4 is 5.32 Å². The number of amides is 1. The number of unbranched alkanes of at least 4 members (excludes halogenated alkanes) is 47. The van der Waals surface area contributed by atoms with Crippen LogP contribution in [-0.4, -0.2) is 100 Å². The van der Waals surface area contributed by atoms with Gasteiger partial charge in [-0.25, -0.2) is 0 Å². The molecule has 1 saturated heterocycles. The van der Waals surface area contributed by atoms with Crippen LogP contribution in [0.5, 0.6) is 0 Å². The second-order valence-corrected chi connectivity index (χ2v) is 27.7. The fourth-order valence-electron chi connectivity index (χ4n) is 12.5. The first-order valence-corrected chi connectivity index (χ1v) is 40.2. The van der Waals surface area contributed by atoms with Crippen molar-refractivity contribution in [3.8, 4) is 0 Å². The third-order valence-corrected chi connectivity index (χ3v) is 18.8. The standard InChI is InChI=1S/C83H151NO10/c1-3-5-7-9-11-13-15-16-17-41-45-48-51-55-59-63-67-71-79(88)92-72-68-64-60-56-52-49-46-43-40-38-36-34-32-30-28-26-24-22-20-18-19-21-23-25-27-29-31-33-35-37-39-42-44-47-50-54-58-62-66-70-78(87)84-75(74-93-83-82(91)81(90)80(89)77(73-85)94-83)76(86)69-65-61-57-53-14-12-10-8-6-4-2/h11,13-14,16-19,22,24,53,65,69,75-77,80-83,85-86,89-91H,3-10,12,15,20-21,23,25-52,54-64,66-68,70-74H2,1-2H3,(H,84,87)/b13-11-,17-16-,19-18-,24-22-,53-14+,69-65+. The molecule has 0 radical (unpaired) electrons. The van der Waals surface area contributed by atoms with Gasteiger partial charge in [-0.05, 0) is 109 Å². The molecule has 1 amide bonds. The Morgan fingerprint density at radius 2 is 0.723 bits per heavy atom. The molecular weight excluding hydrogens is 1170 g/mol. The average molecular weight is 1320 g/mol. The zero-order valence-corrected chi connectivity index (χ0v) is 61.2. The van der Waals surface area contributed by atoms with E-state index < -0.39 is 49.5 Å². The lowest BCUT2D eigenvalue weighted by Gasteiger charge is -2.40. The number of carbonyl (C=O) groups is 2. The molecule has 7 atom stereocenters. The molecule has 11 heteroatoms. The van der Waals surface area contributed by atoms with E-state index in [1.165, 1.54) is 283 Å². The zero-order valence-electron chi connectivity index (χ0n) is 61.2. The number of hydrogen-bond acceptors (Lipinski definition) is 10. The summed E-state index contributed by atoms with van der Waals surface area (Å²) in [5.74, 6) is -0.183. The number of allylic oxidation sites excluding steroid dienone is 11. The average Bonchev–Trinajstić information content (AvgIpc) is 0.854. The molecule has 1 aliphatic rings. The number of aliphatic hydroxyl groups excluding tert-OH is 5. The molecule has 1 rings (SSSR count). The monoisotopic (exact) mass is 1320 g/mol. The van der Waals surface area contributed by atoms with E-state index >= 15 is 0 Å². The van der Waals surface area contributed by atoms with Crippen LogP contribution in [0.25, 0.3) is 0 Å². The highest BCUT2D eigenvalue weighted by Gasteiger charge is 2.44. The molecule has 0 aromatic rings. The molecule has 7 unspecified atom stereocenters. The maximum absolute atomic E-state index is 13.0. The highest BCUT2D eigenvalue weighted by molar-refractivity contribution is 5.76. The summed E-state index contributed by atoms with van der Waals surface area (Å²) in [7, 11) is 0. The summed E-state index contributed by atoms with van der Waals surface area (Å²) in [6, 6.07) is -0.825.